The van der Waals surface area contributed by atoms with Gasteiger partial charge in [-0.15, -0.1) is 0 Å². The normalized spacial score (nSPS) is 16.3. The number of piperidine rings is 1. The highest BCUT2D eigenvalue weighted by Crippen LogP contribution is 2.28. The van der Waals surface area contributed by atoms with Crippen LogP contribution >= 0.6 is 0 Å². The van der Waals surface area contributed by atoms with Crippen molar-refractivity contribution < 1.29 is 9.18 Å². The summed E-state index contributed by atoms with van der Waals surface area (Å²) >= 11 is 0. The minimum Gasteiger partial charge on any atom is -0.322 e. The molecule has 0 bridgehead atoms. The molecule has 0 spiro atoms. The van der Waals surface area contributed by atoms with Gasteiger partial charge in [0.25, 0.3) is 0 Å². The Morgan fingerprint density at radius 3 is 2.57 bits per heavy atom. The lowest BCUT2D eigenvalue weighted by atomic mass is 9.95. The summed E-state index contributed by atoms with van der Waals surface area (Å²) in [6, 6.07) is 16.2. The van der Waals surface area contributed by atoms with Crippen molar-refractivity contribution in [3.63, 3.8) is 0 Å². The van der Waals surface area contributed by atoms with Crippen LogP contribution in [0.1, 0.15) is 36.9 Å². The Morgan fingerprint density at radius 2 is 1.83 bits per heavy atom. The van der Waals surface area contributed by atoms with Crippen molar-refractivity contribution in [2.45, 2.75) is 32.4 Å². The molecular formula is C24H27FN4O. The van der Waals surface area contributed by atoms with E-state index in [0.717, 1.165) is 31.5 Å². The van der Waals surface area contributed by atoms with E-state index in [2.05, 4.69) is 22.2 Å². The van der Waals surface area contributed by atoms with E-state index in [1.165, 1.54) is 6.07 Å². The summed E-state index contributed by atoms with van der Waals surface area (Å²) < 4.78 is 15.5. The zero-order chi connectivity index (χ0) is 20.9. The molecule has 1 fully saturated rings. The van der Waals surface area contributed by atoms with Crippen LogP contribution in [-0.2, 0) is 11.3 Å². The monoisotopic (exact) mass is 406 g/mol. The lowest BCUT2D eigenvalue weighted by Crippen LogP contribution is -2.41. The standard InChI is InChI=1S/C24H27FN4O/c1-18-11-13-28(14-12-18)23(19-7-3-2-4-8-19)24(30)27-21-15-26-29(17-21)16-20-9-5-6-10-22(20)25/h2-10,15,17-18,23H,11-14,16H2,1H3,(H,27,30). The molecule has 1 aliphatic rings. The third-order valence-corrected chi connectivity index (χ3v) is 5.74. The number of benzene rings is 2. The van der Waals surface area contributed by atoms with Gasteiger partial charge in [-0.2, -0.15) is 5.10 Å². The summed E-state index contributed by atoms with van der Waals surface area (Å²) in [7, 11) is 0. The van der Waals surface area contributed by atoms with E-state index in [-0.39, 0.29) is 17.8 Å². The molecule has 6 heteroatoms. The molecule has 2 aromatic carbocycles. The molecule has 5 nitrogen and oxygen atoms in total. The first-order valence-corrected chi connectivity index (χ1v) is 10.5. The summed E-state index contributed by atoms with van der Waals surface area (Å²) in [4.78, 5) is 15.5. The maximum absolute atomic E-state index is 13.9. The molecule has 1 amide bonds. The smallest absolute Gasteiger partial charge is 0.246 e. The third-order valence-electron chi connectivity index (χ3n) is 5.74. The van der Waals surface area contributed by atoms with Crippen molar-refractivity contribution in [2.75, 3.05) is 18.4 Å². The molecule has 1 saturated heterocycles. The molecule has 2 heterocycles. The Labute approximate surface area is 176 Å². The Balaban J connectivity index is 1.49. The van der Waals surface area contributed by atoms with E-state index in [9.17, 15) is 9.18 Å². The first-order valence-electron chi connectivity index (χ1n) is 10.5. The zero-order valence-electron chi connectivity index (χ0n) is 17.2. The summed E-state index contributed by atoms with van der Waals surface area (Å²) in [6.07, 6.45) is 5.54. The highest BCUT2D eigenvalue weighted by atomic mass is 19.1. The lowest BCUT2D eigenvalue weighted by molar-refractivity contribution is -0.122. The summed E-state index contributed by atoms with van der Waals surface area (Å²) in [5.41, 5.74) is 2.16. The second kappa shape index (κ2) is 9.22. The van der Waals surface area contributed by atoms with Crippen LogP contribution in [-0.4, -0.2) is 33.7 Å². The van der Waals surface area contributed by atoms with Crippen LogP contribution < -0.4 is 5.32 Å². The van der Waals surface area contributed by atoms with Crippen LogP contribution in [0.4, 0.5) is 10.1 Å². The second-order valence-corrected chi connectivity index (χ2v) is 8.04. The van der Waals surface area contributed by atoms with Crippen LogP contribution in [0, 0.1) is 11.7 Å². The number of hydrogen-bond acceptors (Lipinski definition) is 3. The zero-order valence-corrected chi connectivity index (χ0v) is 17.2. The Kier molecular flexibility index (Phi) is 6.23. The van der Waals surface area contributed by atoms with E-state index in [4.69, 9.17) is 0 Å². The van der Waals surface area contributed by atoms with E-state index < -0.39 is 0 Å². The molecule has 30 heavy (non-hydrogen) atoms. The van der Waals surface area contributed by atoms with Crippen molar-refractivity contribution in [1.82, 2.24) is 14.7 Å². The molecule has 1 N–H and O–H groups in total. The number of rotatable bonds is 6. The molecule has 0 radical (unpaired) electrons. The number of carbonyl (C=O) groups excluding carboxylic acids is 1. The average Bonchev–Trinajstić information content (AvgIpc) is 3.19. The number of halogens is 1. The van der Waals surface area contributed by atoms with Gasteiger partial charge in [0.2, 0.25) is 5.91 Å². The molecule has 4 rings (SSSR count). The van der Waals surface area contributed by atoms with E-state index >= 15 is 0 Å². The Hall–Kier alpha value is -2.99. The van der Waals surface area contributed by atoms with E-state index in [0.29, 0.717) is 23.7 Å². The largest absolute Gasteiger partial charge is 0.322 e. The van der Waals surface area contributed by atoms with Crippen LogP contribution in [0.5, 0.6) is 0 Å². The highest BCUT2D eigenvalue weighted by Gasteiger charge is 2.30. The number of nitrogens with zero attached hydrogens (tertiary/aromatic N) is 3. The average molecular weight is 407 g/mol. The van der Waals surface area contributed by atoms with Crippen molar-refractivity contribution >= 4 is 11.6 Å². The molecule has 1 unspecified atom stereocenters. The minimum atomic E-state index is -0.339. The second-order valence-electron chi connectivity index (χ2n) is 8.04. The SMILES string of the molecule is CC1CCN(C(C(=O)Nc2cnn(Cc3ccccc3F)c2)c2ccccc2)CC1. The van der Waals surface area contributed by atoms with Crippen LogP contribution in [0.2, 0.25) is 0 Å². The minimum absolute atomic E-state index is 0.0683. The number of amides is 1. The molecule has 0 aliphatic carbocycles. The summed E-state index contributed by atoms with van der Waals surface area (Å²) in [5.74, 6) is 0.362. The molecule has 1 aliphatic heterocycles. The van der Waals surface area contributed by atoms with E-state index in [1.54, 1.807) is 35.3 Å². The van der Waals surface area contributed by atoms with Gasteiger partial charge in [0.05, 0.1) is 18.4 Å². The fourth-order valence-corrected chi connectivity index (χ4v) is 3.98. The van der Waals surface area contributed by atoms with Gasteiger partial charge in [0.1, 0.15) is 11.9 Å². The molecule has 0 saturated carbocycles. The molecular weight excluding hydrogens is 379 g/mol. The molecule has 3 aromatic rings. The fraction of sp³-hybridized carbons (Fsp3) is 0.333. The van der Waals surface area contributed by atoms with Crippen LogP contribution in [0.3, 0.4) is 0 Å². The maximum Gasteiger partial charge on any atom is 0.246 e. The third kappa shape index (κ3) is 4.76. The van der Waals surface area contributed by atoms with Crippen LogP contribution in [0.25, 0.3) is 0 Å². The van der Waals surface area contributed by atoms with Gasteiger partial charge >= 0.3 is 0 Å². The van der Waals surface area contributed by atoms with Gasteiger partial charge in [-0.3, -0.25) is 14.4 Å². The predicted octanol–water partition coefficient (Wildman–Crippen LogP) is 4.48. The fourth-order valence-electron chi connectivity index (χ4n) is 3.98. The lowest BCUT2D eigenvalue weighted by Gasteiger charge is -2.36. The maximum atomic E-state index is 13.9. The molecule has 1 aromatic heterocycles. The number of carbonyl (C=O) groups is 1. The van der Waals surface area contributed by atoms with Crippen LogP contribution in [0.15, 0.2) is 67.0 Å². The van der Waals surface area contributed by atoms with Crippen molar-refractivity contribution in [3.8, 4) is 0 Å². The molecule has 156 valence electrons. The van der Waals surface area contributed by atoms with Gasteiger partial charge in [0.15, 0.2) is 0 Å². The Morgan fingerprint density at radius 1 is 1.13 bits per heavy atom. The van der Waals surface area contributed by atoms with Gasteiger partial charge < -0.3 is 5.32 Å². The topological polar surface area (TPSA) is 50.2 Å². The van der Waals surface area contributed by atoms with Gasteiger partial charge in [0, 0.05) is 11.8 Å². The quantitative estimate of drug-likeness (QED) is 0.657. The van der Waals surface area contributed by atoms with Gasteiger partial charge in [-0.1, -0.05) is 55.5 Å². The molecule has 1 atom stereocenters. The number of anilines is 1. The summed E-state index contributed by atoms with van der Waals surface area (Å²) in [6.45, 7) is 4.38. The van der Waals surface area contributed by atoms with Crippen molar-refractivity contribution in [3.05, 3.63) is 83.9 Å². The number of hydrogen-bond donors (Lipinski definition) is 1. The summed E-state index contributed by atoms with van der Waals surface area (Å²) in [5, 5.41) is 7.29. The Bertz CT molecular complexity index is 980. The van der Waals surface area contributed by atoms with Crippen molar-refractivity contribution in [2.24, 2.45) is 5.92 Å². The predicted molar refractivity (Wildman–Crippen MR) is 116 cm³/mol. The van der Waals surface area contributed by atoms with Gasteiger partial charge in [-0.05, 0) is 43.5 Å². The highest BCUT2D eigenvalue weighted by molar-refractivity contribution is 5.95. The number of nitrogens with one attached hydrogen (secondary N) is 1. The van der Waals surface area contributed by atoms with Crippen molar-refractivity contribution in [1.29, 1.82) is 0 Å². The number of likely N-dealkylation sites (tertiary alicyclic amines) is 1. The number of aromatic nitrogens is 2. The first-order chi connectivity index (χ1) is 14.6. The van der Waals surface area contributed by atoms with Gasteiger partial charge in [-0.25, -0.2) is 4.39 Å². The first kappa shape index (κ1) is 20.3. The van der Waals surface area contributed by atoms with E-state index in [1.807, 2.05) is 30.3 Å².